The summed E-state index contributed by atoms with van der Waals surface area (Å²) >= 11 is 0. The van der Waals surface area contributed by atoms with Crippen molar-refractivity contribution in [1.82, 2.24) is 5.32 Å². The predicted molar refractivity (Wildman–Crippen MR) is 80.4 cm³/mol. The lowest BCUT2D eigenvalue weighted by atomic mass is 9.81. The lowest BCUT2D eigenvalue weighted by Gasteiger charge is -2.37. The van der Waals surface area contributed by atoms with Gasteiger partial charge in [-0.15, -0.1) is 0 Å². The molecule has 2 aliphatic heterocycles. The molecule has 0 aromatic heterocycles. The Hall–Kier alpha value is -1.59. The van der Waals surface area contributed by atoms with Crippen LogP contribution in [0.5, 0.6) is 0 Å². The average molecular weight is 290 g/mol. The minimum absolute atomic E-state index is 0.233. The van der Waals surface area contributed by atoms with Crippen LogP contribution in [-0.2, 0) is 4.74 Å². The van der Waals surface area contributed by atoms with Crippen LogP contribution in [0.1, 0.15) is 41.2 Å². The van der Waals surface area contributed by atoms with E-state index in [1.54, 1.807) is 6.07 Å². The molecule has 0 saturated carbocycles. The summed E-state index contributed by atoms with van der Waals surface area (Å²) in [6.45, 7) is 1.23. The molecular formula is C16H22N2O3. The Morgan fingerprint density at radius 3 is 3.10 bits per heavy atom. The Bertz CT molecular complexity index is 532. The second-order valence-corrected chi connectivity index (χ2v) is 5.79. The number of hydrogen-bond donors (Lipinski definition) is 3. The first-order valence-corrected chi connectivity index (χ1v) is 7.57. The highest BCUT2D eigenvalue weighted by atomic mass is 16.5. The average Bonchev–Trinajstić information content (AvgIpc) is 3.01. The molecule has 5 heteroatoms. The van der Waals surface area contributed by atoms with Crippen LogP contribution in [0.2, 0.25) is 0 Å². The van der Waals surface area contributed by atoms with Gasteiger partial charge in [-0.2, -0.15) is 0 Å². The Morgan fingerprint density at radius 2 is 2.33 bits per heavy atom. The summed E-state index contributed by atoms with van der Waals surface area (Å²) in [5, 5.41) is 16.2. The van der Waals surface area contributed by atoms with E-state index in [-0.39, 0.29) is 18.6 Å². The molecule has 3 atom stereocenters. The number of methoxy groups -OCH3 is 1. The minimum Gasteiger partial charge on any atom is -0.465 e. The van der Waals surface area contributed by atoms with Crippen LogP contribution in [0, 0.1) is 5.92 Å². The van der Waals surface area contributed by atoms with E-state index in [1.165, 1.54) is 7.11 Å². The van der Waals surface area contributed by atoms with Crippen LogP contribution in [0.15, 0.2) is 18.2 Å². The molecule has 0 bridgehead atoms. The molecule has 0 spiro atoms. The molecule has 1 saturated heterocycles. The van der Waals surface area contributed by atoms with Crippen molar-refractivity contribution in [2.24, 2.45) is 5.92 Å². The zero-order valence-electron chi connectivity index (χ0n) is 12.3. The fourth-order valence-electron chi connectivity index (χ4n) is 3.60. The molecule has 3 rings (SSSR count). The number of aliphatic hydroxyl groups excluding tert-OH is 1. The van der Waals surface area contributed by atoms with Crippen molar-refractivity contribution in [1.29, 1.82) is 0 Å². The molecule has 0 aliphatic carbocycles. The number of ether oxygens (including phenoxy) is 1. The van der Waals surface area contributed by atoms with Gasteiger partial charge in [0, 0.05) is 24.4 Å². The van der Waals surface area contributed by atoms with Gasteiger partial charge in [0.15, 0.2) is 0 Å². The van der Waals surface area contributed by atoms with Crippen LogP contribution in [0.25, 0.3) is 0 Å². The number of benzene rings is 1. The van der Waals surface area contributed by atoms with E-state index in [0.29, 0.717) is 17.5 Å². The zero-order valence-corrected chi connectivity index (χ0v) is 12.3. The third-order valence-electron chi connectivity index (χ3n) is 4.61. The van der Waals surface area contributed by atoms with Crippen molar-refractivity contribution in [3.63, 3.8) is 0 Å². The maximum absolute atomic E-state index is 11.7. The molecule has 0 amide bonds. The Kier molecular flexibility index (Phi) is 4.12. The van der Waals surface area contributed by atoms with Crippen LogP contribution >= 0.6 is 0 Å². The molecule has 5 nitrogen and oxygen atoms in total. The normalized spacial score (nSPS) is 26.7. The van der Waals surface area contributed by atoms with Crippen LogP contribution in [0.4, 0.5) is 5.69 Å². The smallest absolute Gasteiger partial charge is 0.337 e. The SMILES string of the molecule is COC(=O)c1ccc2c(c1)[C@H]1NCC[C@H]1[C@H](CCCO)N2. The summed E-state index contributed by atoms with van der Waals surface area (Å²) in [5.74, 6) is 0.215. The number of carbonyl (C=O) groups is 1. The van der Waals surface area contributed by atoms with Crippen LogP contribution in [0.3, 0.4) is 0 Å². The Labute approximate surface area is 124 Å². The largest absolute Gasteiger partial charge is 0.465 e. The van der Waals surface area contributed by atoms with Crippen molar-refractivity contribution in [2.45, 2.75) is 31.3 Å². The van der Waals surface area contributed by atoms with E-state index in [2.05, 4.69) is 10.6 Å². The highest BCUT2D eigenvalue weighted by Crippen LogP contribution is 2.42. The van der Waals surface area contributed by atoms with E-state index < -0.39 is 0 Å². The zero-order chi connectivity index (χ0) is 14.8. The van der Waals surface area contributed by atoms with E-state index >= 15 is 0 Å². The van der Waals surface area contributed by atoms with Crippen LogP contribution < -0.4 is 10.6 Å². The standard InChI is InChI=1S/C16H22N2O3/c1-21-16(20)10-4-5-14-12(9-10)15-11(6-7-17-15)13(18-14)3-2-8-19/h4-5,9,11,13,15,17-19H,2-3,6-8H2,1H3/t11-,13-,15-/m0/s1. The summed E-state index contributed by atoms with van der Waals surface area (Å²) in [5.41, 5.74) is 2.83. The first-order chi connectivity index (χ1) is 10.2. The van der Waals surface area contributed by atoms with Gasteiger partial charge in [-0.05, 0) is 55.5 Å². The maximum Gasteiger partial charge on any atom is 0.337 e. The number of fused-ring (bicyclic) bond motifs is 3. The van der Waals surface area contributed by atoms with Gasteiger partial charge in [0.05, 0.1) is 12.7 Å². The summed E-state index contributed by atoms with van der Waals surface area (Å²) in [4.78, 5) is 11.7. The Morgan fingerprint density at radius 1 is 1.48 bits per heavy atom. The number of carbonyl (C=O) groups excluding carboxylic acids is 1. The number of rotatable bonds is 4. The number of esters is 1. The van der Waals surface area contributed by atoms with Gasteiger partial charge in [-0.1, -0.05) is 0 Å². The van der Waals surface area contributed by atoms with Gasteiger partial charge >= 0.3 is 5.97 Å². The fraction of sp³-hybridized carbons (Fsp3) is 0.562. The highest BCUT2D eigenvalue weighted by Gasteiger charge is 2.39. The monoisotopic (exact) mass is 290 g/mol. The maximum atomic E-state index is 11.7. The van der Waals surface area contributed by atoms with Gasteiger partial charge in [-0.25, -0.2) is 4.79 Å². The van der Waals surface area contributed by atoms with Gasteiger partial charge in [0.1, 0.15) is 0 Å². The first-order valence-electron chi connectivity index (χ1n) is 7.57. The molecule has 1 aromatic rings. The molecule has 1 aromatic carbocycles. The summed E-state index contributed by atoms with van der Waals surface area (Å²) in [7, 11) is 1.40. The van der Waals surface area contributed by atoms with Crippen molar-refractivity contribution in [3.05, 3.63) is 29.3 Å². The number of hydrogen-bond acceptors (Lipinski definition) is 5. The molecule has 0 unspecified atom stereocenters. The molecule has 2 heterocycles. The predicted octanol–water partition coefficient (Wildman–Crippen LogP) is 1.69. The van der Waals surface area contributed by atoms with Gasteiger partial charge in [0.2, 0.25) is 0 Å². The highest BCUT2D eigenvalue weighted by molar-refractivity contribution is 5.90. The quantitative estimate of drug-likeness (QED) is 0.736. The fourth-order valence-corrected chi connectivity index (χ4v) is 3.60. The van der Waals surface area contributed by atoms with Crippen molar-refractivity contribution in [3.8, 4) is 0 Å². The van der Waals surface area contributed by atoms with Crippen molar-refractivity contribution in [2.75, 3.05) is 25.6 Å². The van der Waals surface area contributed by atoms with Gasteiger partial charge in [0.25, 0.3) is 0 Å². The molecule has 1 fully saturated rings. The second-order valence-electron chi connectivity index (χ2n) is 5.79. The lowest BCUT2D eigenvalue weighted by molar-refractivity contribution is 0.0600. The third kappa shape index (κ3) is 2.63. The number of anilines is 1. The molecule has 2 aliphatic rings. The lowest BCUT2D eigenvalue weighted by Crippen LogP contribution is -2.38. The third-order valence-corrected chi connectivity index (χ3v) is 4.61. The topological polar surface area (TPSA) is 70.6 Å². The number of aliphatic hydroxyl groups is 1. The Balaban J connectivity index is 1.90. The van der Waals surface area contributed by atoms with E-state index in [0.717, 1.165) is 37.1 Å². The summed E-state index contributed by atoms with van der Waals surface area (Å²) in [6, 6.07) is 6.37. The molecular weight excluding hydrogens is 268 g/mol. The second kappa shape index (κ2) is 6.03. The van der Waals surface area contributed by atoms with E-state index in [1.807, 2.05) is 12.1 Å². The van der Waals surface area contributed by atoms with Gasteiger partial charge in [-0.3, -0.25) is 0 Å². The van der Waals surface area contributed by atoms with Crippen LogP contribution in [-0.4, -0.2) is 37.4 Å². The van der Waals surface area contributed by atoms with E-state index in [9.17, 15) is 4.79 Å². The van der Waals surface area contributed by atoms with Gasteiger partial charge < -0.3 is 20.5 Å². The minimum atomic E-state index is -0.297. The summed E-state index contributed by atoms with van der Waals surface area (Å²) in [6.07, 6.45) is 2.91. The van der Waals surface area contributed by atoms with E-state index in [4.69, 9.17) is 9.84 Å². The van der Waals surface area contributed by atoms with Crippen molar-refractivity contribution >= 4 is 11.7 Å². The molecule has 21 heavy (non-hydrogen) atoms. The molecule has 0 radical (unpaired) electrons. The first kappa shape index (κ1) is 14.4. The summed E-state index contributed by atoms with van der Waals surface area (Å²) < 4.78 is 4.81. The molecule has 114 valence electrons. The van der Waals surface area contributed by atoms with Crippen molar-refractivity contribution < 1.29 is 14.6 Å². The number of nitrogens with one attached hydrogen (secondary N) is 2. The molecule has 3 N–H and O–H groups in total.